The van der Waals surface area contributed by atoms with Gasteiger partial charge < -0.3 is 11.1 Å². The van der Waals surface area contributed by atoms with E-state index in [-0.39, 0.29) is 36.3 Å². The number of rotatable bonds is 5. The second-order valence-corrected chi connectivity index (χ2v) is 6.63. The first-order valence-corrected chi connectivity index (χ1v) is 8.49. The maximum Gasteiger partial charge on any atom is 0.262 e. The monoisotopic (exact) mass is 356 g/mol. The minimum absolute atomic E-state index is 0. The van der Waals surface area contributed by atoms with Crippen LogP contribution in [-0.2, 0) is 11.3 Å². The van der Waals surface area contributed by atoms with Crippen LogP contribution in [0.25, 0.3) is 10.2 Å². The normalized spacial score (nSPS) is 20.4. The van der Waals surface area contributed by atoms with Crippen molar-refractivity contribution in [1.82, 2.24) is 14.9 Å². The third kappa shape index (κ3) is 3.91. The number of halogens is 1. The van der Waals surface area contributed by atoms with Crippen LogP contribution in [0.3, 0.4) is 0 Å². The predicted octanol–water partition coefficient (Wildman–Crippen LogP) is 1.51. The quantitative estimate of drug-likeness (QED) is 0.849. The number of hydrogen-bond acceptors (Lipinski definition) is 5. The summed E-state index contributed by atoms with van der Waals surface area (Å²) in [6.45, 7) is 0.965. The van der Waals surface area contributed by atoms with Gasteiger partial charge in [0, 0.05) is 19.0 Å². The van der Waals surface area contributed by atoms with Gasteiger partial charge in [0.2, 0.25) is 5.91 Å². The van der Waals surface area contributed by atoms with Crippen LogP contribution in [0, 0.1) is 5.92 Å². The van der Waals surface area contributed by atoms with E-state index in [0.29, 0.717) is 24.4 Å². The summed E-state index contributed by atoms with van der Waals surface area (Å²) in [6.07, 6.45) is 5.00. The lowest BCUT2D eigenvalue weighted by Gasteiger charge is -2.19. The van der Waals surface area contributed by atoms with Gasteiger partial charge in [-0.2, -0.15) is 0 Å². The van der Waals surface area contributed by atoms with Crippen molar-refractivity contribution in [2.24, 2.45) is 11.7 Å². The number of carbonyl (C=O) groups is 1. The van der Waals surface area contributed by atoms with Gasteiger partial charge in [-0.05, 0) is 36.8 Å². The van der Waals surface area contributed by atoms with Crippen LogP contribution in [0.15, 0.2) is 22.6 Å². The summed E-state index contributed by atoms with van der Waals surface area (Å²) >= 11 is 1.44. The van der Waals surface area contributed by atoms with Crippen molar-refractivity contribution in [2.75, 3.05) is 6.54 Å². The van der Waals surface area contributed by atoms with Crippen LogP contribution in [0.1, 0.15) is 25.7 Å². The molecule has 0 bridgehead atoms. The lowest BCUT2D eigenvalue weighted by Crippen LogP contribution is -2.40. The Bertz CT molecular complexity index is 730. The minimum Gasteiger partial charge on any atom is -0.353 e. The van der Waals surface area contributed by atoms with Gasteiger partial charge in [0.25, 0.3) is 5.56 Å². The van der Waals surface area contributed by atoms with Crippen molar-refractivity contribution in [3.05, 3.63) is 28.1 Å². The Kier molecular flexibility index (Phi) is 6.15. The zero-order valence-electron chi connectivity index (χ0n) is 12.7. The first-order chi connectivity index (χ1) is 10.7. The van der Waals surface area contributed by atoms with Crippen LogP contribution in [0.5, 0.6) is 0 Å². The number of aryl methyl sites for hydroxylation is 1. The topological polar surface area (TPSA) is 90.0 Å². The fraction of sp³-hybridized carbons (Fsp3) is 0.533. The van der Waals surface area contributed by atoms with Crippen molar-refractivity contribution in [3.8, 4) is 0 Å². The van der Waals surface area contributed by atoms with E-state index in [1.165, 1.54) is 22.2 Å². The van der Waals surface area contributed by atoms with Crippen LogP contribution < -0.4 is 16.6 Å². The molecule has 0 aliphatic heterocycles. The van der Waals surface area contributed by atoms with Gasteiger partial charge in [-0.3, -0.25) is 14.2 Å². The number of amides is 1. The molecule has 1 amide bonds. The molecule has 6 nitrogen and oxygen atoms in total. The van der Waals surface area contributed by atoms with Gasteiger partial charge in [0.1, 0.15) is 4.83 Å². The number of aromatic nitrogens is 2. The average molecular weight is 357 g/mol. The lowest BCUT2D eigenvalue weighted by molar-refractivity contribution is -0.122. The van der Waals surface area contributed by atoms with Gasteiger partial charge in [-0.1, -0.05) is 6.42 Å². The van der Waals surface area contributed by atoms with E-state index in [0.717, 1.165) is 24.1 Å². The Balaban J connectivity index is 0.00000192. The average Bonchev–Trinajstić information content (AvgIpc) is 3.15. The molecule has 2 atom stereocenters. The number of nitrogens with two attached hydrogens (primary N) is 1. The molecule has 8 heteroatoms. The van der Waals surface area contributed by atoms with Crippen LogP contribution in [0.2, 0.25) is 0 Å². The molecule has 2 unspecified atom stereocenters. The Labute approximate surface area is 144 Å². The van der Waals surface area contributed by atoms with E-state index >= 15 is 0 Å². The summed E-state index contributed by atoms with van der Waals surface area (Å²) in [5, 5.41) is 5.52. The van der Waals surface area contributed by atoms with Crippen LogP contribution in [0.4, 0.5) is 0 Å². The van der Waals surface area contributed by atoms with Crippen molar-refractivity contribution in [1.29, 1.82) is 0 Å². The Morgan fingerprint density at radius 3 is 3.09 bits per heavy atom. The molecule has 23 heavy (non-hydrogen) atoms. The van der Waals surface area contributed by atoms with Crippen molar-refractivity contribution < 1.29 is 4.79 Å². The van der Waals surface area contributed by atoms with Crippen molar-refractivity contribution >= 4 is 39.9 Å². The highest BCUT2D eigenvalue weighted by Gasteiger charge is 2.27. The molecule has 1 saturated carbocycles. The summed E-state index contributed by atoms with van der Waals surface area (Å²) in [6, 6.07) is 1.96. The molecule has 3 N–H and O–H groups in total. The molecule has 0 aromatic carbocycles. The van der Waals surface area contributed by atoms with Gasteiger partial charge in [-0.25, -0.2) is 4.98 Å². The maximum absolute atomic E-state index is 12.2. The van der Waals surface area contributed by atoms with E-state index in [1.807, 2.05) is 5.38 Å². The van der Waals surface area contributed by atoms with E-state index in [9.17, 15) is 9.59 Å². The molecular weight excluding hydrogens is 336 g/mol. The van der Waals surface area contributed by atoms with E-state index in [1.54, 1.807) is 6.07 Å². The summed E-state index contributed by atoms with van der Waals surface area (Å²) in [4.78, 5) is 29.3. The summed E-state index contributed by atoms with van der Waals surface area (Å²) in [5.74, 6) is 0.359. The molecule has 0 saturated heterocycles. The fourth-order valence-electron chi connectivity index (χ4n) is 3.06. The summed E-state index contributed by atoms with van der Waals surface area (Å²) < 4.78 is 1.50. The smallest absolute Gasteiger partial charge is 0.262 e. The summed E-state index contributed by atoms with van der Waals surface area (Å²) in [7, 11) is 0. The number of nitrogens with zero attached hydrogens (tertiary/aromatic N) is 2. The SMILES string of the molecule is Cl.NCC1CCCC1NC(=O)CCn1cnc2sccc2c1=O. The molecule has 2 aromatic heterocycles. The Morgan fingerprint density at radius 1 is 1.48 bits per heavy atom. The molecule has 1 aliphatic rings. The third-order valence-corrected chi connectivity index (χ3v) is 5.16. The largest absolute Gasteiger partial charge is 0.353 e. The maximum atomic E-state index is 12.2. The van der Waals surface area contributed by atoms with Crippen molar-refractivity contribution in [2.45, 2.75) is 38.3 Å². The number of thiophene rings is 1. The third-order valence-electron chi connectivity index (χ3n) is 4.34. The highest BCUT2D eigenvalue weighted by molar-refractivity contribution is 7.16. The standard InChI is InChI=1S/C15H20N4O2S.ClH/c16-8-10-2-1-3-12(10)18-13(20)4-6-19-9-17-14-11(15(19)21)5-7-22-14;/h5,7,9-10,12H,1-4,6,8,16H2,(H,18,20);1H. The zero-order valence-corrected chi connectivity index (χ0v) is 14.4. The molecule has 126 valence electrons. The molecule has 2 heterocycles. The highest BCUT2D eigenvalue weighted by atomic mass is 35.5. The Hall–Kier alpha value is -1.44. The fourth-order valence-corrected chi connectivity index (χ4v) is 3.79. The lowest BCUT2D eigenvalue weighted by atomic mass is 10.0. The van der Waals surface area contributed by atoms with Crippen molar-refractivity contribution in [3.63, 3.8) is 0 Å². The molecule has 0 radical (unpaired) electrons. The van der Waals surface area contributed by atoms with E-state index < -0.39 is 0 Å². The van der Waals surface area contributed by atoms with Crippen LogP contribution in [-0.4, -0.2) is 28.0 Å². The van der Waals surface area contributed by atoms with Crippen LogP contribution >= 0.6 is 23.7 Å². The van der Waals surface area contributed by atoms with E-state index in [2.05, 4.69) is 10.3 Å². The summed E-state index contributed by atoms with van der Waals surface area (Å²) in [5.41, 5.74) is 5.64. The van der Waals surface area contributed by atoms with Gasteiger partial charge in [0.05, 0.1) is 11.7 Å². The van der Waals surface area contributed by atoms with Gasteiger partial charge >= 0.3 is 0 Å². The first kappa shape index (κ1) is 17.9. The Morgan fingerprint density at radius 2 is 2.30 bits per heavy atom. The highest BCUT2D eigenvalue weighted by Crippen LogP contribution is 2.24. The second-order valence-electron chi connectivity index (χ2n) is 5.73. The molecule has 2 aromatic rings. The zero-order chi connectivity index (χ0) is 15.5. The second kappa shape index (κ2) is 7.90. The van der Waals surface area contributed by atoms with Gasteiger partial charge in [-0.15, -0.1) is 23.7 Å². The molecule has 1 fully saturated rings. The molecule has 0 spiro atoms. The molecule has 3 rings (SSSR count). The minimum atomic E-state index is -0.0836. The van der Waals surface area contributed by atoms with Gasteiger partial charge in [0.15, 0.2) is 0 Å². The first-order valence-electron chi connectivity index (χ1n) is 7.61. The number of fused-ring (bicyclic) bond motifs is 1. The number of carbonyl (C=O) groups excluding carboxylic acids is 1. The molecule has 1 aliphatic carbocycles. The predicted molar refractivity (Wildman–Crippen MR) is 94.1 cm³/mol. The molecular formula is C15H21ClN4O2S. The number of nitrogens with one attached hydrogen (secondary N) is 1. The number of hydrogen-bond donors (Lipinski definition) is 2. The van der Waals surface area contributed by atoms with E-state index in [4.69, 9.17) is 5.73 Å².